The molecule has 0 saturated carbocycles. The van der Waals surface area contributed by atoms with Gasteiger partial charge >= 0.3 is 12.0 Å². The second-order valence-corrected chi connectivity index (χ2v) is 7.88. The van der Waals surface area contributed by atoms with Gasteiger partial charge in [-0.1, -0.05) is 18.2 Å². The largest absolute Gasteiger partial charge is 0.497 e. The Balaban J connectivity index is 1.94. The van der Waals surface area contributed by atoms with Crippen LogP contribution in [0.2, 0.25) is 0 Å². The summed E-state index contributed by atoms with van der Waals surface area (Å²) in [6.45, 7) is 1.65. The van der Waals surface area contributed by atoms with Crippen molar-refractivity contribution in [2.75, 3.05) is 26.1 Å². The van der Waals surface area contributed by atoms with Crippen LogP contribution < -0.4 is 19.5 Å². The molecule has 0 atom stereocenters. The summed E-state index contributed by atoms with van der Waals surface area (Å²) in [6.07, 6.45) is 0. The van der Waals surface area contributed by atoms with Crippen LogP contribution in [0.5, 0.6) is 11.5 Å². The van der Waals surface area contributed by atoms with E-state index in [0.29, 0.717) is 17.0 Å². The number of aromatic amines is 1. The molecule has 31 heavy (non-hydrogen) atoms. The van der Waals surface area contributed by atoms with E-state index in [-0.39, 0.29) is 28.3 Å². The summed E-state index contributed by atoms with van der Waals surface area (Å²) in [5, 5.41) is 2.66. The number of esters is 1. The van der Waals surface area contributed by atoms with E-state index in [0.717, 1.165) is 0 Å². The highest BCUT2D eigenvalue weighted by Crippen LogP contribution is 2.28. The highest BCUT2D eigenvalue weighted by Gasteiger charge is 2.30. The third-order valence-corrected chi connectivity index (χ3v) is 5.66. The Morgan fingerprint density at radius 1 is 1.03 bits per heavy atom. The normalized spacial score (nSPS) is 11.1. The molecule has 1 aromatic heterocycles. The van der Waals surface area contributed by atoms with E-state index < -0.39 is 22.0 Å². The minimum atomic E-state index is -4.44. The van der Waals surface area contributed by atoms with Gasteiger partial charge in [-0.15, -0.1) is 0 Å². The summed E-state index contributed by atoms with van der Waals surface area (Å²) in [5.41, 5.74) is 0.378. The number of rotatable bonds is 7. The first kappa shape index (κ1) is 22.0. The fraction of sp³-hybridized carbons (Fsp3) is 0.200. The Morgan fingerprint density at radius 3 is 2.29 bits per heavy atom. The van der Waals surface area contributed by atoms with Gasteiger partial charge in [0.1, 0.15) is 22.1 Å². The Kier molecular flexibility index (Phi) is 6.35. The molecule has 0 aliphatic heterocycles. The maximum Gasteiger partial charge on any atom is 0.356 e. The van der Waals surface area contributed by atoms with Crippen LogP contribution >= 0.6 is 0 Å². The number of aromatic nitrogens is 1. The lowest BCUT2D eigenvalue weighted by Crippen LogP contribution is -2.35. The van der Waals surface area contributed by atoms with Crippen LogP contribution in [0, 0.1) is 0 Å². The van der Waals surface area contributed by atoms with Crippen molar-refractivity contribution in [3.8, 4) is 11.5 Å². The number of benzene rings is 2. The van der Waals surface area contributed by atoms with E-state index in [9.17, 15) is 18.0 Å². The SMILES string of the molecule is CCOC(=O)c1[nH]c2ccccc2c1S(=O)(=O)NC(=O)Nc1cc(OC)cc(OC)c1. The molecular formula is C20H21N3O7S. The third kappa shape index (κ3) is 4.72. The van der Waals surface area contributed by atoms with E-state index in [2.05, 4.69) is 10.3 Å². The van der Waals surface area contributed by atoms with E-state index in [1.54, 1.807) is 31.2 Å². The molecule has 1 heterocycles. The van der Waals surface area contributed by atoms with Crippen molar-refractivity contribution in [2.45, 2.75) is 11.8 Å². The topological polar surface area (TPSA) is 136 Å². The minimum Gasteiger partial charge on any atom is -0.497 e. The number of amides is 2. The molecule has 0 bridgehead atoms. The summed E-state index contributed by atoms with van der Waals surface area (Å²) in [7, 11) is -1.56. The number of carbonyl (C=O) groups excluding carboxylic acids is 2. The first-order chi connectivity index (χ1) is 14.8. The molecule has 2 amide bonds. The monoisotopic (exact) mass is 447 g/mol. The lowest BCUT2D eigenvalue weighted by Gasteiger charge is -2.12. The molecule has 0 aliphatic rings. The highest BCUT2D eigenvalue weighted by molar-refractivity contribution is 7.90. The van der Waals surface area contributed by atoms with Gasteiger partial charge in [-0.05, 0) is 13.0 Å². The van der Waals surface area contributed by atoms with Gasteiger partial charge in [0.05, 0.1) is 20.8 Å². The molecule has 0 saturated heterocycles. The number of urea groups is 1. The van der Waals surface area contributed by atoms with Gasteiger partial charge in [0.15, 0.2) is 0 Å². The zero-order valence-corrected chi connectivity index (χ0v) is 17.8. The number of H-pyrrole nitrogens is 1. The Bertz CT molecular complexity index is 1210. The van der Waals surface area contributed by atoms with Crippen molar-refractivity contribution < 1.29 is 32.2 Å². The Morgan fingerprint density at radius 2 is 1.68 bits per heavy atom. The molecule has 0 aliphatic carbocycles. The number of fused-ring (bicyclic) bond motifs is 1. The summed E-state index contributed by atoms with van der Waals surface area (Å²) in [5.74, 6) is -0.0468. The molecule has 0 fully saturated rings. The number of ether oxygens (including phenoxy) is 3. The molecule has 11 heteroatoms. The van der Waals surface area contributed by atoms with E-state index in [1.165, 1.54) is 32.4 Å². The predicted octanol–water partition coefficient (Wildman–Crippen LogP) is 2.87. The predicted molar refractivity (Wildman–Crippen MR) is 113 cm³/mol. The van der Waals surface area contributed by atoms with Crippen LogP contribution in [-0.4, -0.2) is 46.2 Å². The Labute approximate surface area is 178 Å². The number of anilines is 1. The molecule has 164 valence electrons. The van der Waals surface area contributed by atoms with Crippen molar-refractivity contribution in [2.24, 2.45) is 0 Å². The van der Waals surface area contributed by atoms with Gasteiger partial charge in [-0.3, -0.25) is 0 Å². The average molecular weight is 447 g/mol. The second-order valence-electron chi connectivity index (χ2n) is 6.26. The molecule has 0 radical (unpaired) electrons. The van der Waals surface area contributed by atoms with E-state index >= 15 is 0 Å². The van der Waals surface area contributed by atoms with Crippen LogP contribution in [0.1, 0.15) is 17.4 Å². The molecule has 2 aromatic carbocycles. The van der Waals surface area contributed by atoms with Gasteiger partial charge in [-0.2, -0.15) is 0 Å². The van der Waals surface area contributed by atoms with Crippen molar-refractivity contribution in [1.82, 2.24) is 9.71 Å². The van der Waals surface area contributed by atoms with Gasteiger partial charge in [0, 0.05) is 34.8 Å². The van der Waals surface area contributed by atoms with Crippen LogP contribution in [0.25, 0.3) is 10.9 Å². The lowest BCUT2D eigenvalue weighted by molar-refractivity contribution is 0.0516. The van der Waals surface area contributed by atoms with Crippen LogP contribution in [0.3, 0.4) is 0 Å². The van der Waals surface area contributed by atoms with E-state index in [4.69, 9.17) is 14.2 Å². The zero-order valence-electron chi connectivity index (χ0n) is 17.0. The first-order valence-corrected chi connectivity index (χ1v) is 10.6. The summed E-state index contributed by atoms with van der Waals surface area (Å²) >= 11 is 0. The van der Waals surface area contributed by atoms with Gasteiger partial charge in [0.25, 0.3) is 10.0 Å². The third-order valence-electron chi connectivity index (χ3n) is 4.24. The fourth-order valence-corrected chi connectivity index (χ4v) is 4.22. The lowest BCUT2D eigenvalue weighted by atomic mass is 10.2. The highest BCUT2D eigenvalue weighted by atomic mass is 32.2. The molecule has 3 rings (SSSR count). The van der Waals surface area contributed by atoms with Crippen molar-refractivity contribution >= 4 is 38.6 Å². The summed E-state index contributed by atoms with van der Waals surface area (Å²) < 4.78 is 43.2. The zero-order chi connectivity index (χ0) is 22.6. The number of nitrogens with one attached hydrogen (secondary N) is 3. The smallest absolute Gasteiger partial charge is 0.356 e. The quantitative estimate of drug-likeness (QED) is 0.474. The maximum atomic E-state index is 13.0. The maximum absolute atomic E-state index is 13.0. The van der Waals surface area contributed by atoms with Gasteiger partial charge < -0.3 is 24.5 Å². The molecule has 0 unspecified atom stereocenters. The Hall–Kier alpha value is -3.73. The molecule has 0 spiro atoms. The van der Waals surface area contributed by atoms with Crippen LogP contribution in [-0.2, 0) is 14.8 Å². The fourth-order valence-electron chi connectivity index (χ4n) is 2.95. The standard InChI is InChI=1S/C20H21N3O7S/c1-4-30-19(24)17-18(15-7-5-6-8-16(15)22-17)31(26,27)23-20(25)21-12-9-13(28-2)11-14(10-12)29-3/h5-11,22H,4H2,1-3H3,(H2,21,23,25). The molecule has 3 aromatic rings. The van der Waals surface area contributed by atoms with Crippen molar-refractivity contribution in [3.63, 3.8) is 0 Å². The number of hydrogen-bond acceptors (Lipinski definition) is 7. The number of methoxy groups -OCH3 is 2. The van der Waals surface area contributed by atoms with Crippen molar-refractivity contribution in [3.05, 3.63) is 48.2 Å². The second kappa shape index (κ2) is 8.96. The number of carbonyl (C=O) groups is 2. The molecule has 3 N–H and O–H groups in total. The average Bonchev–Trinajstić information content (AvgIpc) is 3.14. The summed E-state index contributed by atoms with van der Waals surface area (Å²) in [4.78, 5) is 27.2. The molecule has 10 nitrogen and oxygen atoms in total. The number of para-hydroxylation sites is 1. The van der Waals surface area contributed by atoms with Gasteiger partial charge in [0.2, 0.25) is 0 Å². The first-order valence-electron chi connectivity index (χ1n) is 9.13. The van der Waals surface area contributed by atoms with Crippen LogP contribution in [0.4, 0.5) is 10.5 Å². The number of sulfonamides is 1. The van der Waals surface area contributed by atoms with E-state index in [1.807, 2.05) is 4.72 Å². The molecular weight excluding hydrogens is 426 g/mol. The van der Waals surface area contributed by atoms with Crippen molar-refractivity contribution in [1.29, 1.82) is 0 Å². The number of hydrogen-bond donors (Lipinski definition) is 3. The van der Waals surface area contributed by atoms with Crippen LogP contribution in [0.15, 0.2) is 47.4 Å². The minimum absolute atomic E-state index is 0.0548. The van der Waals surface area contributed by atoms with Gasteiger partial charge in [-0.25, -0.2) is 22.7 Å². The summed E-state index contributed by atoms with van der Waals surface area (Å²) in [6, 6.07) is 9.98.